The molecule has 0 amide bonds. The smallest absolute Gasteiger partial charge is 0.0940 e. The molecule has 3 unspecified atom stereocenters. The Kier molecular flexibility index (Phi) is 3.41. The van der Waals surface area contributed by atoms with Crippen molar-refractivity contribution in [3.05, 3.63) is 0 Å². The van der Waals surface area contributed by atoms with Gasteiger partial charge in [0.05, 0.1) is 30.0 Å². The first-order chi connectivity index (χ1) is 8.93. The lowest BCUT2D eigenvalue weighted by Gasteiger charge is -2.49. The van der Waals surface area contributed by atoms with Crippen LogP contribution in [0.25, 0.3) is 0 Å². The molecule has 19 heavy (non-hydrogen) atoms. The van der Waals surface area contributed by atoms with Crippen molar-refractivity contribution in [2.24, 2.45) is 5.92 Å². The minimum absolute atomic E-state index is 0.124. The minimum Gasteiger partial charge on any atom is -0.389 e. The largest absolute Gasteiger partial charge is 0.389 e. The van der Waals surface area contributed by atoms with Crippen LogP contribution in [0.3, 0.4) is 0 Å². The number of hydrogen-bond donors (Lipinski definition) is 1. The monoisotopic (exact) mass is 270 g/mol. The third kappa shape index (κ3) is 2.68. The Bertz CT molecular complexity index is 335. The first kappa shape index (κ1) is 13.8. The maximum atomic E-state index is 11.1. The fourth-order valence-corrected chi connectivity index (χ4v) is 4.08. The van der Waals surface area contributed by atoms with Crippen molar-refractivity contribution in [3.8, 4) is 0 Å². The zero-order valence-corrected chi connectivity index (χ0v) is 12.1. The second-order valence-corrected chi connectivity index (χ2v) is 7.16. The fraction of sp³-hybridized carbons (Fsp3) is 1.00. The molecule has 0 aromatic rings. The van der Waals surface area contributed by atoms with Crippen molar-refractivity contribution in [2.45, 2.75) is 62.8 Å². The highest BCUT2D eigenvalue weighted by Crippen LogP contribution is 2.46. The fourth-order valence-electron chi connectivity index (χ4n) is 4.08. The molecule has 3 saturated heterocycles. The molecule has 0 aliphatic carbocycles. The van der Waals surface area contributed by atoms with Crippen molar-refractivity contribution in [3.63, 3.8) is 0 Å². The van der Waals surface area contributed by atoms with Crippen LogP contribution >= 0.6 is 0 Å². The molecule has 0 bridgehead atoms. The van der Waals surface area contributed by atoms with Crippen molar-refractivity contribution < 1.29 is 19.3 Å². The van der Waals surface area contributed by atoms with E-state index in [0.29, 0.717) is 19.1 Å². The van der Waals surface area contributed by atoms with E-state index in [1.807, 2.05) is 0 Å². The molecule has 3 rings (SSSR count). The molecule has 4 nitrogen and oxygen atoms in total. The average molecular weight is 270 g/mol. The second-order valence-electron chi connectivity index (χ2n) is 7.16. The zero-order chi connectivity index (χ0) is 13.6. The Morgan fingerprint density at radius 3 is 2.58 bits per heavy atom. The van der Waals surface area contributed by atoms with Crippen molar-refractivity contribution in [2.75, 3.05) is 26.4 Å². The Morgan fingerprint density at radius 2 is 1.89 bits per heavy atom. The first-order valence-electron chi connectivity index (χ1n) is 7.51. The maximum Gasteiger partial charge on any atom is 0.0940 e. The van der Waals surface area contributed by atoms with Gasteiger partial charge in [0.25, 0.3) is 0 Å². The number of aliphatic hydroxyl groups is 1. The van der Waals surface area contributed by atoms with E-state index in [1.54, 1.807) is 0 Å². The molecule has 110 valence electrons. The first-order valence-corrected chi connectivity index (χ1v) is 7.51. The minimum atomic E-state index is -0.596. The summed E-state index contributed by atoms with van der Waals surface area (Å²) >= 11 is 0. The summed E-state index contributed by atoms with van der Waals surface area (Å²) in [6.07, 6.45) is 4.33. The zero-order valence-electron chi connectivity index (χ0n) is 12.1. The number of rotatable bonds is 1. The van der Waals surface area contributed by atoms with Crippen LogP contribution in [0.1, 0.15) is 46.0 Å². The van der Waals surface area contributed by atoms with Gasteiger partial charge in [-0.3, -0.25) is 0 Å². The average Bonchev–Trinajstić information content (AvgIpc) is 2.76. The molecule has 0 aromatic carbocycles. The van der Waals surface area contributed by atoms with Crippen molar-refractivity contribution >= 4 is 0 Å². The Balaban J connectivity index is 1.73. The van der Waals surface area contributed by atoms with Crippen LogP contribution < -0.4 is 0 Å². The highest BCUT2D eigenvalue weighted by atomic mass is 16.6. The van der Waals surface area contributed by atoms with Crippen LogP contribution in [0.2, 0.25) is 0 Å². The second kappa shape index (κ2) is 4.69. The molecular formula is C15H26O4. The van der Waals surface area contributed by atoms with Crippen molar-refractivity contribution in [1.82, 2.24) is 0 Å². The van der Waals surface area contributed by atoms with Gasteiger partial charge in [-0.15, -0.1) is 0 Å². The molecule has 3 aliphatic heterocycles. The molecule has 3 heterocycles. The molecule has 1 spiro atoms. The summed E-state index contributed by atoms with van der Waals surface area (Å²) in [5, 5.41) is 11.1. The van der Waals surface area contributed by atoms with Gasteiger partial charge in [0.2, 0.25) is 0 Å². The topological polar surface area (TPSA) is 47.9 Å². The predicted molar refractivity (Wildman–Crippen MR) is 71.1 cm³/mol. The van der Waals surface area contributed by atoms with Crippen LogP contribution in [0.5, 0.6) is 0 Å². The van der Waals surface area contributed by atoms with Crippen LogP contribution in [-0.2, 0) is 14.2 Å². The molecule has 3 aliphatic rings. The van der Waals surface area contributed by atoms with E-state index in [4.69, 9.17) is 14.2 Å². The third-order valence-electron chi connectivity index (χ3n) is 5.08. The van der Waals surface area contributed by atoms with E-state index in [-0.39, 0.29) is 11.2 Å². The molecule has 3 fully saturated rings. The van der Waals surface area contributed by atoms with E-state index in [2.05, 4.69) is 13.8 Å². The van der Waals surface area contributed by atoms with Gasteiger partial charge in [-0.05, 0) is 39.0 Å². The van der Waals surface area contributed by atoms with Gasteiger partial charge in [0.15, 0.2) is 0 Å². The van der Waals surface area contributed by atoms with E-state index in [9.17, 15) is 5.11 Å². The standard InChI is InChI=1S/C15H26O4/c1-13(2)10-15(16,5-8-18-13)12-3-6-19-14(9-12)4-7-17-11-14/h12,16H,3-11H2,1-2H3. The van der Waals surface area contributed by atoms with Gasteiger partial charge in [0.1, 0.15) is 0 Å². The van der Waals surface area contributed by atoms with Gasteiger partial charge in [-0.2, -0.15) is 0 Å². The van der Waals surface area contributed by atoms with Gasteiger partial charge in [-0.25, -0.2) is 0 Å². The van der Waals surface area contributed by atoms with Gasteiger partial charge in [0, 0.05) is 26.1 Å². The van der Waals surface area contributed by atoms with E-state index in [0.717, 1.165) is 45.3 Å². The van der Waals surface area contributed by atoms with Gasteiger partial charge >= 0.3 is 0 Å². The van der Waals surface area contributed by atoms with E-state index < -0.39 is 5.60 Å². The molecule has 0 radical (unpaired) electrons. The normalized spacial score (nSPS) is 46.6. The molecule has 0 aromatic heterocycles. The molecular weight excluding hydrogens is 244 g/mol. The quantitative estimate of drug-likeness (QED) is 0.790. The molecule has 3 atom stereocenters. The summed E-state index contributed by atoms with van der Waals surface area (Å²) in [6, 6.07) is 0. The van der Waals surface area contributed by atoms with Crippen molar-refractivity contribution in [1.29, 1.82) is 0 Å². The predicted octanol–water partition coefficient (Wildman–Crippen LogP) is 1.89. The summed E-state index contributed by atoms with van der Waals surface area (Å²) in [6.45, 7) is 7.04. The third-order valence-corrected chi connectivity index (χ3v) is 5.08. The van der Waals surface area contributed by atoms with Crippen LogP contribution in [0, 0.1) is 5.92 Å². The summed E-state index contributed by atoms with van der Waals surface area (Å²) in [5.74, 6) is 0.311. The maximum absolute atomic E-state index is 11.1. The Labute approximate surface area is 115 Å². The highest BCUT2D eigenvalue weighted by Gasteiger charge is 2.50. The molecule has 4 heteroatoms. The summed E-state index contributed by atoms with van der Waals surface area (Å²) < 4.78 is 17.2. The Morgan fingerprint density at radius 1 is 1.05 bits per heavy atom. The lowest BCUT2D eigenvalue weighted by atomic mass is 9.69. The number of ether oxygens (including phenoxy) is 3. The lowest BCUT2D eigenvalue weighted by molar-refractivity contribution is -0.197. The van der Waals surface area contributed by atoms with Gasteiger partial charge < -0.3 is 19.3 Å². The van der Waals surface area contributed by atoms with Gasteiger partial charge in [-0.1, -0.05) is 0 Å². The van der Waals surface area contributed by atoms with E-state index in [1.165, 1.54) is 0 Å². The summed E-state index contributed by atoms with van der Waals surface area (Å²) in [7, 11) is 0. The lowest BCUT2D eigenvalue weighted by Crippen LogP contribution is -2.54. The van der Waals surface area contributed by atoms with Crippen LogP contribution in [0.4, 0.5) is 0 Å². The highest BCUT2D eigenvalue weighted by molar-refractivity contribution is 5.01. The van der Waals surface area contributed by atoms with Crippen LogP contribution in [-0.4, -0.2) is 48.3 Å². The number of hydrogen-bond acceptors (Lipinski definition) is 4. The molecule has 0 saturated carbocycles. The summed E-state index contributed by atoms with van der Waals surface area (Å²) in [4.78, 5) is 0. The van der Waals surface area contributed by atoms with E-state index >= 15 is 0 Å². The molecule has 1 N–H and O–H groups in total. The summed E-state index contributed by atoms with van der Waals surface area (Å²) in [5.41, 5.74) is -0.938. The van der Waals surface area contributed by atoms with Crippen LogP contribution in [0.15, 0.2) is 0 Å². The Hall–Kier alpha value is -0.160. The SMILES string of the molecule is CC1(C)CC(O)(C2CCOC3(CCOC3)C2)CCO1.